The van der Waals surface area contributed by atoms with Gasteiger partial charge in [-0.25, -0.2) is 0 Å². The van der Waals surface area contributed by atoms with Gasteiger partial charge in [-0.1, -0.05) is 13.8 Å². The number of rotatable bonds is 7. The van der Waals surface area contributed by atoms with Crippen LogP contribution in [-0.4, -0.2) is 20.7 Å². The first kappa shape index (κ1) is 26.0. The third kappa shape index (κ3) is 4.85. The first-order valence-corrected chi connectivity index (χ1v) is 16.8. The Morgan fingerprint density at radius 1 is 0.914 bits per heavy atom. The van der Waals surface area contributed by atoms with Crippen molar-refractivity contribution in [2.75, 3.05) is 0 Å². The van der Waals surface area contributed by atoms with E-state index >= 15 is 0 Å². The van der Waals surface area contributed by atoms with E-state index in [0.29, 0.717) is 27.3 Å². The maximum absolute atomic E-state index is 13.3. The number of hydrogen-bond donors (Lipinski definition) is 0. The van der Waals surface area contributed by atoms with Crippen molar-refractivity contribution < 1.29 is 4.79 Å². The Morgan fingerprint density at radius 3 is 2.40 bits per heavy atom. The van der Waals surface area contributed by atoms with Gasteiger partial charge in [0.2, 0.25) is 0 Å². The van der Waals surface area contributed by atoms with Crippen LogP contribution in [0.3, 0.4) is 0 Å². The van der Waals surface area contributed by atoms with Crippen LogP contribution >= 0.6 is 0 Å². The summed E-state index contributed by atoms with van der Waals surface area (Å²) in [6.45, 7) is 12.7. The second-order valence-corrected chi connectivity index (χ2v) is 16.7. The van der Waals surface area contributed by atoms with E-state index in [4.69, 9.17) is 0 Å². The second-order valence-electron chi connectivity index (χ2n) is 14.0. The van der Waals surface area contributed by atoms with Gasteiger partial charge in [0.1, 0.15) is 0 Å². The number of fused-ring (bicyclic) bond motifs is 5. The van der Waals surface area contributed by atoms with Crippen LogP contribution in [0.5, 0.6) is 0 Å². The third-order valence-corrected chi connectivity index (χ3v) is 14.4. The Labute approximate surface area is 222 Å². The fourth-order valence-corrected chi connectivity index (χ4v) is 12.6. The zero-order chi connectivity index (χ0) is 24.8. The molecule has 0 N–H and O–H groups in total. The average Bonchev–Trinajstić information content (AvgIpc) is 3.18. The van der Waals surface area contributed by atoms with Gasteiger partial charge in [-0.05, 0) is 5.92 Å². The summed E-state index contributed by atoms with van der Waals surface area (Å²) >= 11 is 0.284. The molecule has 4 fully saturated rings. The molecule has 1 aromatic rings. The van der Waals surface area contributed by atoms with Crippen molar-refractivity contribution in [3.63, 3.8) is 0 Å². The van der Waals surface area contributed by atoms with E-state index < -0.39 is 0 Å². The number of ketones is 1. The van der Waals surface area contributed by atoms with E-state index in [1.54, 1.807) is 0 Å². The number of hydrogen-bond acceptors (Lipinski definition) is 1. The zero-order valence-electron chi connectivity index (χ0n) is 23.1. The van der Waals surface area contributed by atoms with E-state index in [9.17, 15) is 4.79 Å². The fraction of sp³-hybridized carbons (Fsp3) is 0.788. The van der Waals surface area contributed by atoms with Crippen LogP contribution in [-0.2, 0) is 4.79 Å². The minimum absolute atomic E-state index is 0.284. The molecule has 35 heavy (non-hydrogen) atoms. The summed E-state index contributed by atoms with van der Waals surface area (Å²) in [7, 11) is 0. The molecule has 0 radical (unpaired) electrons. The quantitative estimate of drug-likeness (QED) is 0.319. The summed E-state index contributed by atoms with van der Waals surface area (Å²) in [5.74, 6) is 6.62. The molecule has 1 aromatic carbocycles. The Hall–Kier alpha value is -0.591. The first-order valence-electron chi connectivity index (χ1n) is 15.0. The van der Waals surface area contributed by atoms with Gasteiger partial charge in [-0.3, -0.25) is 0 Å². The summed E-state index contributed by atoms with van der Waals surface area (Å²) in [5.41, 5.74) is 0.958. The number of carbonyl (C=O) groups is 1. The van der Waals surface area contributed by atoms with Gasteiger partial charge >= 0.3 is 203 Å². The molecule has 4 saturated carbocycles. The van der Waals surface area contributed by atoms with Crippen LogP contribution in [0.15, 0.2) is 30.3 Å². The molecule has 0 saturated heterocycles. The Bertz CT molecular complexity index is 878. The van der Waals surface area contributed by atoms with Crippen molar-refractivity contribution in [1.29, 1.82) is 0 Å². The van der Waals surface area contributed by atoms with Crippen LogP contribution < -0.4 is 4.46 Å². The molecule has 0 amide bonds. The molecule has 1 nitrogen and oxygen atoms in total. The van der Waals surface area contributed by atoms with Crippen molar-refractivity contribution >= 4 is 25.2 Å². The summed E-state index contributed by atoms with van der Waals surface area (Å²) in [4.78, 5) is 13.6. The van der Waals surface area contributed by atoms with E-state index in [1.165, 1.54) is 68.7 Å². The van der Waals surface area contributed by atoms with E-state index in [0.717, 1.165) is 41.9 Å². The number of benzene rings is 1. The molecule has 0 heterocycles. The molecule has 4 aliphatic rings. The molecular weight excluding hydrogens is 491 g/mol. The standard InChI is InChI=1S/C33H50OSe/c1-22(2)10-9-11-23(3)27-16-17-28-26-15-14-24-20-30(34)31(35-25-12-7-6-8-13-25)21-33(24,5)29(26)18-19-32(27,28)4/h6-8,12-13,22-24,26-29,31H,9-11,14-21H2,1-5H3/t23-,24+,26+,27-,28+,29+,31-,32-,33+/m1/s1. The predicted molar refractivity (Wildman–Crippen MR) is 149 cm³/mol. The molecule has 0 unspecified atom stereocenters. The molecule has 0 aliphatic heterocycles. The molecule has 5 rings (SSSR count). The molecular formula is C33H50OSe. The molecule has 9 atom stereocenters. The Morgan fingerprint density at radius 2 is 1.66 bits per heavy atom. The molecule has 0 spiro atoms. The van der Waals surface area contributed by atoms with Gasteiger partial charge in [0.05, 0.1) is 0 Å². The van der Waals surface area contributed by atoms with Crippen molar-refractivity contribution in [2.24, 2.45) is 52.3 Å². The summed E-state index contributed by atoms with van der Waals surface area (Å²) < 4.78 is 1.41. The first-order chi connectivity index (χ1) is 16.7. The molecule has 194 valence electrons. The average molecular weight is 542 g/mol. The molecule has 4 aliphatic carbocycles. The monoisotopic (exact) mass is 542 g/mol. The zero-order valence-corrected chi connectivity index (χ0v) is 24.8. The van der Waals surface area contributed by atoms with Crippen molar-refractivity contribution in [1.82, 2.24) is 0 Å². The molecule has 0 bridgehead atoms. The van der Waals surface area contributed by atoms with Crippen LogP contribution in [0.2, 0.25) is 4.82 Å². The van der Waals surface area contributed by atoms with Crippen molar-refractivity contribution in [3.05, 3.63) is 30.3 Å². The van der Waals surface area contributed by atoms with Crippen LogP contribution in [0.4, 0.5) is 0 Å². The van der Waals surface area contributed by atoms with Gasteiger partial charge in [0.25, 0.3) is 0 Å². The summed E-state index contributed by atoms with van der Waals surface area (Å²) in [6, 6.07) is 10.9. The minimum atomic E-state index is 0.284. The van der Waals surface area contributed by atoms with Crippen molar-refractivity contribution in [3.8, 4) is 0 Å². The van der Waals surface area contributed by atoms with Gasteiger partial charge in [0, 0.05) is 0 Å². The van der Waals surface area contributed by atoms with Gasteiger partial charge < -0.3 is 0 Å². The Balaban J connectivity index is 1.30. The summed E-state index contributed by atoms with van der Waals surface area (Å²) in [5, 5.41) is 0. The van der Waals surface area contributed by atoms with Gasteiger partial charge in [0.15, 0.2) is 0 Å². The predicted octanol–water partition coefficient (Wildman–Crippen LogP) is 8.10. The van der Waals surface area contributed by atoms with E-state index in [2.05, 4.69) is 65.0 Å². The molecule has 2 heteroatoms. The van der Waals surface area contributed by atoms with Crippen LogP contribution in [0.1, 0.15) is 105 Å². The van der Waals surface area contributed by atoms with Gasteiger partial charge in [-0.2, -0.15) is 0 Å². The normalized spacial score (nSPS) is 41.8. The Kier molecular flexibility index (Phi) is 7.65. The number of carbonyl (C=O) groups excluding carboxylic acids is 1. The van der Waals surface area contributed by atoms with Crippen LogP contribution in [0, 0.1) is 52.3 Å². The topological polar surface area (TPSA) is 17.1 Å². The van der Waals surface area contributed by atoms with Crippen LogP contribution in [0.25, 0.3) is 0 Å². The SMILES string of the molecule is CC(C)CCC[C@@H](C)[C@H]1CC[C@H]2[C@@H]3CC[C@H]4CC(=O)[C@H]([Se]c5ccccc5)C[C@]4(C)[C@H]3CC[C@]12C. The van der Waals surface area contributed by atoms with E-state index in [1.807, 2.05) is 0 Å². The van der Waals surface area contributed by atoms with Crippen molar-refractivity contribution in [2.45, 2.75) is 110 Å². The maximum atomic E-state index is 13.3. The van der Waals surface area contributed by atoms with Gasteiger partial charge in [-0.15, -0.1) is 0 Å². The van der Waals surface area contributed by atoms with E-state index in [-0.39, 0.29) is 15.0 Å². The third-order valence-electron chi connectivity index (χ3n) is 11.7. The number of Topliss-reactive ketones (excluding diaryl/α,β-unsaturated/α-hetero) is 1. The summed E-state index contributed by atoms with van der Waals surface area (Å²) in [6.07, 6.45) is 14.8. The fourth-order valence-electron chi connectivity index (χ4n) is 9.87. The molecule has 0 aromatic heterocycles. The second kappa shape index (κ2) is 10.3.